The molecule has 1 atom stereocenters. The van der Waals surface area contributed by atoms with Gasteiger partial charge >= 0.3 is 5.97 Å². The van der Waals surface area contributed by atoms with E-state index in [-0.39, 0.29) is 19.1 Å². The molecule has 6 nitrogen and oxygen atoms in total. The molecule has 28 heavy (non-hydrogen) atoms. The second kappa shape index (κ2) is 7.92. The molecule has 0 radical (unpaired) electrons. The van der Waals surface area contributed by atoms with Crippen molar-refractivity contribution in [2.75, 3.05) is 6.79 Å². The highest BCUT2D eigenvalue weighted by molar-refractivity contribution is 5.83. The average molecular weight is 381 g/mol. The predicted molar refractivity (Wildman–Crippen MR) is 102 cm³/mol. The van der Waals surface area contributed by atoms with Crippen LogP contribution in [0.25, 0.3) is 0 Å². The van der Waals surface area contributed by atoms with Crippen LogP contribution in [0, 0.1) is 0 Å². The van der Waals surface area contributed by atoms with Gasteiger partial charge in [0.15, 0.2) is 17.6 Å². The fraction of sp³-hybridized carbons (Fsp3) is 0.364. The van der Waals surface area contributed by atoms with Crippen LogP contribution in [-0.4, -0.2) is 24.8 Å². The second-order valence-corrected chi connectivity index (χ2v) is 7.17. The molecule has 0 fully saturated rings. The summed E-state index contributed by atoms with van der Waals surface area (Å²) in [6, 6.07) is 11.6. The molecule has 0 aromatic heterocycles. The number of nitrogens with one attached hydrogen (secondary N) is 1. The van der Waals surface area contributed by atoms with Crippen molar-refractivity contribution < 1.29 is 23.8 Å². The van der Waals surface area contributed by atoms with Gasteiger partial charge in [0.05, 0.1) is 6.42 Å². The molecule has 146 valence electrons. The van der Waals surface area contributed by atoms with Gasteiger partial charge in [-0.15, -0.1) is 0 Å². The maximum Gasteiger partial charge on any atom is 0.311 e. The Morgan fingerprint density at radius 1 is 1.04 bits per heavy atom. The van der Waals surface area contributed by atoms with Gasteiger partial charge in [0, 0.05) is 6.54 Å². The van der Waals surface area contributed by atoms with E-state index >= 15 is 0 Å². The van der Waals surface area contributed by atoms with Gasteiger partial charge in [0.2, 0.25) is 6.79 Å². The number of ether oxygens (including phenoxy) is 3. The summed E-state index contributed by atoms with van der Waals surface area (Å²) in [4.78, 5) is 24.4. The van der Waals surface area contributed by atoms with Crippen LogP contribution in [0.15, 0.2) is 36.4 Å². The van der Waals surface area contributed by atoms with Gasteiger partial charge in [-0.3, -0.25) is 9.59 Å². The standard InChI is InChI=1S/C22H23NO5/c1-14(22(25)23-12-16-6-8-19-20(10-16)27-13-26-19)28-21(24)11-15-5-7-17-3-2-4-18(17)9-15/h5-10,14H,2-4,11-13H2,1H3,(H,23,25)/t14-/m1/s1. The van der Waals surface area contributed by atoms with Crippen molar-refractivity contribution in [1.82, 2.24) is 5.32 Å². The lowest BCUT2D eigenvalue weighted by molar-refractivity contribution is -0.154. The highest BCUT2D eigenvalue weighted by Gasteiger charge is 2.19. The molecule has 0 saturated heterocycles. The predicted octanol–water partition coefficient (Wildman–Crippen LogP) is 2.69. The molecule has 1 aliphatic carbocycles. The van der Waals surface area contributed by atoms with E-state index in [1.165, 1.54) is 17.5 Å². The van der Waals surface area contributed by atoms with E-state index in [1.807, 2.05) is 24.3 Å². The quantitative estimate of drug-likeness (QED) is 0.779. The summed E-state index contributed by atoms with van der Waals surface area (Å²) in [5.74, 6) is 0.633. The Balaban J connectivity index is 1.26. The summed E-state index contributed by atoms with van der Waals surface area (Å²) in [5, 5.41) is 2.78. The number of rotatable bonds is 6. The van der Waals surface area contributed by atoms with E-state index in [0.29, 0.717) is 18.0 Å². The van der Waals surface area contributed by atoms with Gasteiger partial charge in [-0.25, -0.2) is 0 Å². The Morgan fingerprint density at radius 3 is 2.71 bits per heavy atom. The second-order valence-electron chi connectivity index (χ2n) is 7.17. The van der Waals surface area contributed by atoms with Gasteiger partial charge in [0.25, 0.3) is 5.91 Å². The molecule has 2 aromatic rings. The number of carbonyl (C=O) groups is 2. The van der Waals surface area contributed by atoms with Crippen LogP contribution in [-0.2, 0) is 40.1 Å². The first kappa shape index (κ1) is 18.3. The molecular formula is C22H23NO5. The fourth-order valence-corrected chi connectivity index (χ4v) is 3.58. The summed E-state index contributed by atoms with van der Waals surface area (Å²) in [6.07, 6.45) is 2.67. The summed E-state index contributed by atoms with van der Waals surface area (Å²) >= 11 is 0. The van der Waals surface area contributed by atoms with E-state index in [4.69, 9.17) is 14.2 Å². The zero-order valence-electron chi connectivity index (χ0n) is 15.8. The zero-order chi connectivity index (χ0) is 19.5. The van der Waals surface area contributed by atoms with E-state index in [0.717, 1.165) is 24.0 Å². The maximum absolute atomic E-state index is 12.2. The van der Waals surface area contributed by atoms with Crippen LogP contribution in [0.1, 0.15) is 35.6 Å². The molecule has 1 N–H and O–H groups in total. The summed E-state index contributed by atoms with van der Waals surface area (Å²) < 4.78 is 15.9. The lowest BCUT2D eigenvalue weighted by Gasteiger charge is -2.14. The van der Waals surface area contributed by atoms with Crippen LogP contribution in [0.5, 0.6) is 11.5 Å². The normalized spacial score (nSPS) is 15.0. The molecule has 2 aliphatic rings. The van der Waals surface area contributed by atoms with E-state index in [1.54, 1.807) is 6.92 Å². The van der Waals surface area contributed by atoms with Crippen molar-refractivity contribution in [3.63, 3.8) is 0 Å². The fourth-order valence-electron chi connectivity index (χ4n) is 3.58. The van der Waals surface area contributed by atoms with Gasteiger partial charge < -0.3 is 19.5 Å². The molecule has 1 aliphatic heterocycles. The highest BCUT2D eigenvalue weighted by Crippen LogP contribution is 2.32. The Hall–Kier alpha value is -3.02. The van der Waals surface area contributed by atoms with Crippen LogP contribution in [0.4, 0.5) is 0 Å². The van der Waals surface area contributed by atoms with Gasteiger partial charge in [-0.2, -0.15) is 0 Å². The monoisotopic (exact) mass is 381 g/mol. The third kappa shape index (κ3) is 4.11. The van der Waals surface area contributed by atoms with Crippen molar-refractivity contribution in [3.8, 4) is 11.5 Å². The molecule has 0 saturated carbocycles. The summed E-state index contributed by atoms with van der Waals surface area (Å²) in [7, 11) is 0. The minimum Gasteiger partial charge on any atom is -0.454 e. The van der Waals surface area contributed by atoms with Crippen molar-refractivity contribution in [1.29, 1.82) is 0 Å². The first-order valence-electron chi connectivity index (χ1n) is 9.55. The van der Waals surface area contributed by atoms with Crippen LogP contribution in [0.3, 0.4) is 0 Å². The van der Waals surface area contributed by atoms with Crippen LogP contribution < -0.4 is 14.8 Å². The SMILES string of the molecule is C[C@@H](OC(=O)Cc1ccc2c(c1)CCC2)C(=O)NCc1ccc2c(c1)OCO2. The number of hydrogen-bond donors (Lipinski definition) is 1. The molecular weight excluding hydrogens is 358 g/mol. The third-order valence-corrected chi connectivity index (χ3v) is 5.09. The van der Waals surface area contributed by atoms with Crippen molar-refractivity contribution >= 4 is 11.9 Å². The number of benzene rings is 2. The summed E-state index contributed by atoms with van der Waals surface area (Å²) in [6.45, 7) is 2.11. The van der Waals surface area contributed by atoms with Crippen LogP contribution in [0.2, 0.25) is 0 Å². The third-order valence-electron chi connectivity index (χ3n) is 5.09. The minimum atomic E-state index is -0.851. The lowest BCUT2D eigenvalue weighted by atomic mass is 10.0. The number of fused-ring (bicyclic) bond motifs is 2. The Kier molecular flexibility index (Phi) is 5.19. The molecule has 1 amide bonds. The molecule has 1 heterocycles. The first-order valence-corrected chi connectivity index (χ1v) is 9.55. The van der Waals surface area contributed by atoms with Gasteiger partial charge in [0.1, 0.15) is 0 Å². The number of hydrogen-bond acceptors (Lipinski definition) is 5. The van der Waals surface area contributed by atoms with E-state index in [9.17, 15) is 9.59 Å². The maximum atomic E-state index is 12.2. The molecule has 0 spiro atoms. The summed E-state index contributed by atoms with van der Waals surface area (Å²) in [5.41, 5.74) is 4.50. The number of aryl methyl sites for hydroxylation is 2. The molecule has 2 aromatic carbocycles. The molecule has 0 unspecified atom stereocenters. The van der Waals surface area contributed by atoms with Crippen LogP contribution >= 0.6 is 0 Å². The minimum absolute atomic E-state index is 0.174. The molecule has 6 heteroatoms. The van der Waals surface area contributed by atoms with E-state index in [2.05, 4.69) is 17.4 Å². The van der Waals surface area contributed by atoms with E-state index < -0.39 is 12.1 Å². The Labute approximate surface area is 163 Å². The zero-order valence-corrected chi connectivity index (χ0v) is 15.8. The van der Waals surface area contributed by atoms with Gasteiger partial charge in [-0.05, 0) is 60.6 Å². The topological polar surface area (TPSA) is 73.9 Å². The van der Waals surface area contributed by atoms with Crippen molar-refractivity contribution in [3.05, 3.63) is 58.7 Å². The largest absolute Gasteiger partial charge is 0.454 e. The smallest absolute Gasteiger partial charge is 0.311 e. The average Bonchev–Trinajstić information content (AvgIpc) is 3.33. The van der Waals surface area contributed by atoms with Gasteiger partial charge in [-0.1, -0.05) is 24.3 Å². The van der Waals surface area contributed by atoms with Crippen molar-refractivity contribution in [2.45, 2.75) is 45.3 Å². The number of carbonyl (C=O) groups excluding carboxylic acids is 2. The Morgan fingerprint density at radius 2 is 1.82 bits per heavy atom. The lowest BCUT2D eigenvalue weighted by Crippen LogP contribution is -2.35. The highest BCUT2D eigenvalue weighted by atomic mass is 16.7. The Bertz CT molecular complexity index is 908. The first-order chi connectivity index (χ1) is 13.6. The molecule has 0 bridgehead atoms. The van der Waals surface area contributed by atoms with Crippen molar-refractivity contribution in [2.24, 2.45) is 0 Å². The number of amides is 1. The number of esters is 1. The molecule has 4 rings (SSSR count).